The highest BCUT2D eigenvalue weighted by Crippen LogP contribution is 2.46. The van der Waals surface area contributed by atoms with Crippen LogP contribution >= 0.6 is 0 Å². The molecule has 0 aliphatic carbocycles. The van der Waals surface area contributed by atoms with Crippen LogP contribution in [0.15, 0.2) is 126 Å². The third-order valence-electron chi connectivity index (χ3n) is 18.0. The van der Waals surface area contributed by atoms with E-state index in [0.717, 1.165) is 96.3 Å². The Kier molecular flexibility index (Phi) is 13.4. The van der Waals surface area contributed by atoms with E-state index in [-0.39, 0.29) is 10.8 Å². The zero-order valence-corrected chi connectivity index (χ0v) is 49.0. The molecule has 11 rings (SSSR count). The lowest BCUT2D eigenvalue weighted by molar-refractivity contribution is -0.0202. The normalized spacial score (nSPS) is 21.7. The van der Waals surface area contributed by atoms with Crippen molar-refractivity contribution in [3.05, 3.63) is 144 Å². The number of hydrogen-bond donors (Lipinski definition) is 0. The molecule has 12 nitrogen and oxygen atoms in total. The molecule has 3 aliphatic rings. The van der Waals surface area contributed by atoms with E-state index in [9.17, 15) is 0 Å². The monoisotopic (exact) mass is 1060 g/mol. The molecule has 3 saturated heterocycles. The second-order valence-electron chi connectivity index (χ2n) is 26.3. The zero-order chi connectivity index (χ0) is 56.3. The summed E-state index contributed by atoms with van der Waals surface area (Å²) in [4.78, 5) is 24.4. The molecule has 15 heteroatoms. The van der Waals surface area contributed by atoms with Crippen LogP contribution in [-0.4, -0.2) is 79.9 Å². The molecular formula is C64H74B3N5O7. The Balaban J connectivity index is 0.746. The molecule has 3 fully saturated rings. The molecule has 0 spiro atoms. The van der Waals surface area contributed by atoms with Gasteiger partial charge in [0.1, 0.15) is 5.58 Å². The van der Waals surface area contributed by atoms with Crippen LogP contribution in [0.3, 0.4) is 0 Å². The molecule has 2 aromatic carbocycles. The summed E-state index contributed by atoms with van der Waals surface area (Å²) in [7, 11) is -1.60. The van der Waals surface area contributed by atoms with Gasteiger partial charge in [-0.2, -0.15) is 0 Å². The minimum atomic E-state index is -0.730. The van der Waals surface area contributed by atoms with Crippen molar-refractivity contribution in [2.45, 2.75) is 174 Å². The molecule has 9 heterocycles. The van der Waals surface area contributed by atoms with E-state index in [4.69, 9.17) is 52.3 Å². The third-order valence-corrected chi connectivity index (χ3v) is 18.0. The standard InChI is InChI=1S/C64H74B3N5O7/c1-40-34-43(54-49-19-17-18-48(55(49)73-56(54)72-40)51-28-26-46(39-70-51)66-74-59(7,8)60(9,10)75-66)36-64(16)62(13,14)77-67(79-64)47-25-27-50(69-38-47)42-22-29-53(71-37-42)58(5,6)31-32-63(15)61(11,12)76-65(78-63)45-23-20-41(21-24-45)52-35-44(30-33-68-52)57(2,3)4/h17-30,33-35,37-39H,31-32,36H2,1-16H3. The number of aromatic nitrogens is 5. The van der Waals surface area contributed by atoms with E-state index >= 15 is 0 Å². The maximum absolute atomic E-state index is 6.97. The highest BCUT2D eigenvalue weighted by atomic mass is 16.7. The summed E-state index contributed by atoms with van der Waals surface area (Å²) in [5, 5.41) is 1.92. The van der Waals surface area contributed by atoms with Crippen LogP contribution < -0.4 is 16.4 Å². The van der Waals surface area contributed by atoms with Gasteiger partial charge in [0.05, 0.1) is 56.1 Å². The van der Waals surface area contributed by atoms with Crippen molar-refractivity contribution in [2.24, 2.45) is 0 Å². The Morgan fingerprint density at radius 1 is 0.519 bits per heavy atom. The molecule has 3 aliphatic heterocycles. The zero-order valence-electron chi connectivity index (χ0n) is 49.0. The average Bonchev–Trinajstić information content (AvgIpc) is 4.29. The van der Waals surface area contributed by atoms with Crippen molar-refractivity contribution in [1.82, 2.24) is 24.9 Å². The molecule has 2 atom stereocenters. The Labute approximate surface area is 467 Å². The van der Waals surface area contributed by atoms with Crippen molar-refractivity contribution in [3.63, 3.8) is 0 Å². The fourth-order valence-electron chi connectivity index (χ4n) is 11.1. The van der Waals surface area contributed by atoms with Gasteiger partial charge in [-0.1, -0.05) is 83.1 Å². The summed E-state index contributed by atoms with van der Waals surface area (Å²) in [6.45, 7) is 34.1. The lowest BCUT2D eigenvalue weighted by atomic mass is 9.76. The van der Waals surface area contributed by atoms with Crippen LogP contribution in [-0.2, 0) is 45.2 Å². The number of nitrogens with zero attached hydrogens (tertiary/aromatic N) is 5. The predicted molar refractivity (Wildman–Crippen MR) is 317 cm³/mol. The van der Waals surface area contributed by atoms with E-state index in [1.165, 1.54) is 5.56 Å². The maximum atomic E-state index is 6.97. The van der Waals surface area contributed by atoms with Gasteiger partial charge in [0.25, 0.3) is 0 Å². The number of hydrogen-bond acceptors (Lipinski definition) is 12. The molecule has 79 heavy (non-hydrogen) atoms. The van der Waals surface area contributed by atoms with Crippen molar-refractivity contribution in [3.8, 4) is 33.8 Å². The SMILES string of the molecule is Cc1cc(CC2(C)OB(c3ccc(-c4ccc(C(C)(C)CCC5(C)OB(c6ccc(-c7cc(C(C)(C)C)ccn7)cc6)OC5(C)C)nc4)nc3)OC2(C)C)c2c(n1)oc1c(-c3ccc(B4OC(C)(C)C(C)(C)O4)cn3)cccc12. The summed E-state index contributed by atoms with van der Waals surface area (Å²) in [6.07, 6.45) is 9.68. The highest BCUT2D eigenvalue weighted by Gasteiger charge is 2.56. The van der Waals surface area contributed by atoms with E-state index < -0.39 is 55.0 Å². The van der Waals surface area contributed by atoms with Gasteiger partial charge in [0.15, 0.2) is 0 Å². The summed E-state index contributed by atoms with van der Waals surface area (Å²) in [5.41, 5.74) is 10.1. The van der Waals surface area contributed by atoms with Crippen LogP contribution in [0, 0.1) is 6.92 Å². The number of pyridine rings is 5. The molecule has 406 valence electrons. The van der Waals surface area contributed by atoms with Gasteiger partial charge in [-0.25, -0.2) is 4.98 Å². The Hall–Kier alpha value is -6.06. The molecular weight excluding hydrogens is 983 g/mol. The number of benzene rings is 2. The molecule has 0 amide bonds. The second kappa shape index (κ2) is 19.3. The van der Waals surface area contributed by atoms with Gasteiger partial charge in [-0.15, -0.1) is 0 Å². The summed E-state index contributed by atoms with van der Waals surface area (Å²) in [5.74, 6) is 0. The van der Waals surface area contributed by atoms with Crippen LogP contribution in [0.5, 0.6) is 0 Å². The fraction of sp³-hybridized carbons (Fsp3) is 0.422. The summed E-state index contributed by atoms with van der Waals surface area (Å²) in [6, 6.07) is 33.3. The van der Waals surface area contributed by atoms with Gasteiger partial charge in [-0.05, 0) is 160 Å². The van der Waals surface area contributed by atoms with Crippen molar-refractivity contribution >= 4 is 59.8 Å². The molecule has 0 N–H and O–H groups in total. The van der Waals surface area contributed by atoms with E-state index in [0.29, 0.717) is 12.1 Å². The van der Waals surface area contributed by atoms with Crippen LogP contribution in [0.1, 0.15) is 139 Å². The minimum Gasteiger partial charge on any atom is -0.437 e. The van der Waals surface area contributed by atoms with Crippen LogP contribution in [0.4, 0.5) is 0 Å². The van der Waals surface area contributed by atoms with Crippen molar-refractivity contribution in [1.29, 1.82) is 0 Å². The maximum Gasteiger partial charge on any atom is 0.496 e. The smallest absolute Gasteiger partial charge is 0.437 e. The summed E-state index contributed by atoms with van der Waals surface area (Å²) < 4.78 is 46.4. The molecule has 0 radical (unpaired) electrons. The topological polar surface area (TPSA) is 133 Å². The molecule has 0 saturated carbocycles. The first-order chi connectivity index (χ1) is 37.0. The quantitative estimate of drug-likeness (QED) is 0.108. The van der Waals surface area contributed by atoms with Gasteiger partial charge in [-0.3, -0.25) is 19.9 Å². The van der Waals surface area contributed by atoms with Gasteiger partial charge < -0.3 is 32.3 Å². The van der Waals surface area contributed by atoms with Crippen molar-refractivity contribution in [2.75, 3.05) is 0 Å². The number of aryl methyl sites for hydroxylation is 1. The minimum absolute atomic E-state index is 0.0436. The van der Waals surface area contributed by atoms with Crippen LogP contribution in [0.25, 0.3) is 55.8 Å². The van der Waals surface area contributed by atoms with E-state index in [1.54, 1.807) is 0 Å². The lowest BCUT2D eigenvalue weighted by Gasteiger charge is -2.38. The van der Waals surface area contributed by atoms with Gasteiger partial charge in [0.2, 0.25) is 5.71 Å². The third kappa shape index (κ3) is 10.1. The molecule has 6 aromatic heterocycles. The highest BCUT2D eigenvalue weighted by molar-refractivity contribution is 6.63. The second-order valence-corrected chi connectivity index (χ2v) is 26.3. The predicted octanol–water partition coefficient (Wildman–Crippen LogP) is 12.0. The lowest BCUT2D eigenvalue weighted by Crippen LogP contribution is -2.46. The number of para-hydroxylation sites is 1. The van der Waals surface area contributed by atoms with Crippen molar-refractivity contribution < 1.29 is 32.3 Å². The number of rotatable bonds is 12. The van der Waals surface area contributed by atoms with Crippen LogP contribution in [0.2, 0.25) is 0 Å². The largest absolute Gasteiger partial charge is 0.496 e. The molecule has 0 bridgehead atoms. The number of furan rings is 1. The first-order valence-corrected chi connectivity index (χ1v) is 27.9. The number of fused-ring (bicyclic) bond motifs is 3. The van der Waals surface area contributed by atoms with Gasteiger partial charge in [0, 0.05) is 81.0 Å². The van der Waals surface area contributed by atoms with Gasteiger partial charge >= 0.3 is 21.4 Å². The Morgan fingerprint density at radius 3 is 1.72 bits per heavy atom. The molecule has 2 unspecified atom stereocenters. The Morgan fingerprint density at radius 2 is 1.10 bits per heavy atom. The first kappa shape index (κ1) is 54.9. The summed E-state index contributed by atoms with van der Waals surface area (Å²) >= 11 is 0. The van der Waals surface area contributed by atoms with E-state index in [1.807, 2.05) is 68.1 Å². The first-order valence-electron chi connectivity index (χ1n) is 27.9. The Bertz CT molecular complexity index is 3560. The average molecular weight is 1060 g/mol. The van der Waals surface area contributed by atoms with E-state index in [2.05, 4.69) is 170 Å². The fourth-order valence-corrected chi connectivity index (χ4v) is 11.1. The molecule has 8 aromatic rings.